The Kier molecular flexibility index (Phi) is 8.11. The van der Waals surface area contributed by atoms with Crippen LogP contribution in [-0.4, -0.2) is 9.55 Å². The maximum Gasteiger partial charge on any atom is 0.145 e. The Balaban J connectivity index is 1.18. The average Bonchev–Trinajstić information content (AvgIpc) is 3.59. The second kappa shape index (κ2) is 13.6. The third-order valence-corrected chi connectivity index (χ3v) is 11.3. The van der Waals surface area contributed by atoms with Gasteiger partial charge in [-0.25, -0.2) is 4.98 Å². The first-order chi connectivity index (χ1) is 27.2. The predicted octanol–water partition coefficient (Wildman–Crippen LogP) is 14.3. The molecule has 2 heterocycles. The standard InChI is InChI=1S/C53H40N2/c1-3-35-15-13-20-43(31-35)55-50-27-25-40(33-48(50)47-23-14-28-54-53(47)55)42-30-36(4-2)29-41(32-42)39-24-26-46-49(34-39)52(38-18-9-6-10-19-38)45-22-12-11-21-44(45)51(46)37-16-7-5-8-17-37/h5-34H,3-4H2,1-2H3. The van der Waals surface area contributed by atoms with Crippen LogP contribution in [0.2, 0.25) is 0 Å². The van der Waals surface area contributed by atoms with Crippen LogP contribution in [0, 0.1) is 0 Å². The Hall–Kier alpha value is -6.77. The van der Waals surface area contributed by atoms with Crippen LogP contribution in [0.5, 0.6) is 0 Å². The van der Waals surface area contributed by atoms with E-state index in [-0.39, 0.29) is 0 Å². The Morgan fingerprint density at radius 3 is 1.64 bits per heavy atom. The van der Waals surface area contributed by atoms with E-state index in [0.717, 1.165) is 29.6 Å². The summed E-state index contributed by atoms with van der Waals surface area (Å²) in [5, 5.41) is 7.44. The summed E-state index contributed by atoms with van der Waals surface area (Å²) >= 11 is 0. The summed E-state index contributed by atoms with van der Waals surface area (Å²) in [5.41, 5.74) is 15.8. The van der Waals surface area contributed by atoms with Crippen molar-refractivity contribution in [1.29, 1.82) is 0 Å². The van der Waals surface area contributed by atoms with Crippen LogP contribution in [0.1, 0.15) is 25.0 Å². The number of aromatic nitrogens is 2. The van der Waals surface area contributed by atoms with Crippen LogP contribution in [0.15, 0.2) is 182 Å². The molecule has 0 unspecified atom stereocenters. The largest absolute Gasteiger partial charge is 0.294 e. The Labute approximate surface area is 322 Å². The molecule has 0 aliphatic rings. The predicted molar refractivity (Wildman–Crippen MR) is 234 cm³/mol. The highest BCUT2D eigenvalue weighted by Crippen LogP contribution is 2.45. The smallest absolute Gasteiger partial charge is 0.145 e. The molecule has 55 heavy (non-hydrogen) atoms. The van der Waals surface area contributed by atoms with Gasteiger partial charge in [-0.05, 0) is 139 Å². The van der Waals surface area contributed by atoms with Crippen molar-refractivity contribution in [3.63, 3.8) is 0 Å². The number of hydrogen-bond acceptors (Lipinski definition) is 1. The van der Waals surface area contributed by atoms with Gasteiger partial charge < -0.3 is 0 Å². The third kappa shape index (κ3) is 5.61. The normalized spacial score (nSPS) is 11.6. The molecule has 0 aliphatic heterocycles. The maximum atomic E-state index is 4.89. The second-order valence-corrected chi connectivity index (χ2v) is 14.5. The van der Waals surface area contributed by atoms with Crippen molar-refractivity contribution in [3.05, 3.63) is 193 Å². The van der Waals surface area contributed by atoms with E-state index in [1.54, 1.807) is 0 Å². The summed E-state index contributed by atoms with van der Waals surface area (Å²) in [4.78, 5) is 4.89. The monoisotopic (exact) mass is 704 g/mol. The molecule has 0 fully saturated rings. The molecule has 0 saturated heterocycles. The number of aryl methyl sites for hydroxylation is 2. The van der Waals surface area contributed by atoms with E-state index in [1.807, 2.05) is 12.3 Å². The molecule has 8 aromatic carbocycles. The van der Waals surface area contributed by atoms with E-state index in [2.05, 4.69) is 188 Å². The van der Waals surface area contributed by atoms with Gasteiger partial charge in [0.1, 0.15) is 5.65 Å². The highest BCUT2D eigenvalue weighted by atomic mass is 15.0. The molecular weight excluding hydrogens is 665 g/mol. The van der Waals surface area contributed by atoms with E-state index in [4.69, 9.17) is 4.98 Å². The lowest BCUT2D eigenvalue weighted by atomic mass is 9.84. The number of rotatable bonds is 7. The van der Waals surface area contributed by atoms with E-state index in [9.17, 15) is 0 Å². The number of benzene rings is 8. The zero-order chi connectivity index (χ0) is 36.9. The fourth-order valence-electron chi connectivity index (χ4n) is 8.62. The fourth-order valence-corrected chi connectivity index (χ4v) is 8.62. The van der Waals surface area contributed by atoms with Gasteiger partial charge in [0.2, 0.25) is 0 Å². The van der Waals surface area contributed by atoms with Gasteiger partial charge in [-0.15, -0.1) is 0 Å². The molecule has 0 atom stereocenters. The van der Waals surface area contributed by atoms with Crippen molar-refractivity contribution in [1.82, 2.24) is 9.55 Å². The number of fused-ring (bicyclic) bond motifs is 5. The molecule has 0 N–H and O–H groups in total. The van der Waals surface area contributed by atoms with Crippen molar-refractivity contribution >= 4 is 43.5 Å². The summed E-state index contributed by atoms with van der Waals surface area (Å²) in [6.07, 6.45) is 3.84. The fraction of sp³-hybridized carbons (Fsp3) is 0.0755. The van der Waals surface area contributed by atoms with Crippen LogP contribution < -0.4 is 0 Å². The molecule has 2 aromatic heterocycles. The van der Waals surface area contributed by atoms with Crippen molar-refractivity contribution in [3.8, 4) is 50.2 Å². The lowest BCUT2D eigenvalue weighted by Crippen LogP contribution is -1.96. The maximum absolute atomic E-state index is 4.89. The summed E-state index contributed by atoms with van der Waals surface area (Å²) in [6.45, 7) is 4.46. The van der Waals surface area contributed by atoms with Crippen molar-refractivity contribution in [2.24, 2.45) is 0 Å². The molecule has 0 saturated carbocycles. The summed E-state index contributed by atoms with van der Waals surface area (Å²) in [5.74, 6) is 0. The first-order valence-corrected chi connectivity index (χ1v) is 19.4. The first-order valence-electron chi connectivity index (χ1n) is 19.4. The zero-order valence-corrected chi connectivity index (χ0v) is 31.1. The van der Waals surface area contributed by atoms with Crippen molar-refractivity contribution in [2.45, 2.75) is 26.7 Å². The zero-order valence-electron chi connectivity index (χ0n) is 31.1. The lowest BCUT2D eigenvalue weighted by Gasteiger charge is -2.19. The van der Waals surface area contributed by atoms with E-state index < -0.39 is 0 Å². The molecule has 0 amide bonds. The highest BCUT2D eigenvalue weighted by molar-refractivity contribution is 6.22. The van der Waals surface area contributed by atoms with Crippen LogP contribution in [0.25, 0.3) is 93.7 Å². The topological polar surface area (TPSA) is 17.8 Å². The third-order valence-electron chi connectivity index (χ3n) is 11.3. The first kappa shape index (κ1) is 32.8. The van der Waals surface area contributed by atoms with Crippen LogP contribution in [0.3, 0.4) is 0 Å². The molecule has 10 aromatic rings. The van der Waals surface area contributed by atoms with E-state index >= 15 is 0 Å². The summed E-state index contributed by atoms with van der Waals surface area (Å²) in [6, 6.07) is 64.9. The Bertz CT molecular complexity index is 3040. The second-order valence-electron chi connectivity index (χ2n) is 14.5. The lowest BCUT2D eigenvalue weighted by molar-refractivity contribution is 1.09. The van der Waals surface area contributed by atoms with Crippen LogP contribution in [0.4, 0.5) is 0 Å². The van der Waals surface area contributed by atoms with Gasteiger partial charge in [-0.2, -0.15) is 0 Å². The molecule has 0 spiro atoms. The summed E-state index contributed by atoms with van der Waals surface area (Å²) < 4.78 is 2.31. The molecule has 2 nitrogen and oxygen atoms in total. The Morgan fingerprint density at radius 2 is 0.964 bits per heavy atom. The van der Waals surface area contributed by atoms with Gasteiger partial charge in [0.05, 0.1) is 5.52 Å². The van der Waals surface area contributed by atoms with Crippen molar-refractivity contribution < 1.29 is 0 Å². The average molecular weight is 705 g/mol. The van der Waals surface area contributed by atoms with Crippen LogP contribution >= 0.6 is 0 Å². The van der Waals surface area contributed by atoms with Gasteiger partial charge in [0.15, 0.2) is 0 Å². The highest BCUT2D eigenvalue weighted by Gasteiger charge is 2.19. The van der Waals surface area contributed by atoms with Crippen molar-refractivity contribution in [2.75, 3.05) is 0 Å². The minimum Gasteiger partial charge on any atom is -0.294 e. The molecule has 262 valence electrons. The molecule has 2 heteroatoms. The van der Waals surface area contributed by atoms with Crippen LogP contribution in [-0.2, 0) is 12.8 Å². The van der Waals surface area contributed by atoms with Gasteiger partial charge in [-0.1, -0.05) is 141 Å². The number of pyridine rings is 1. The minimum atomic E-state index is 0.950. The molecule has 0 radical (unpaired) electrons. The van der Waals surface area contributed by atoms with E-state index in [1.165, 1.54) is 88.1 Å². The van der Waals surface area contributed by atoms with Gasteiger partial charge in [0, 0.05) is 22.7 Å². The minimum absolute atomic E-state index is 0.950. The SMILES string of the molecule is CCc1cc(-c2ccc3c(-c4ccccc4)c4ccccc4c(-c4ccccc4)c3c2)cc(-c2ccc3c(c2)c2cccnc2n3-c2cccc(CC)c2)c1. The molecule has 0 aliphatic carbocycles. The van der Waals surface area contributed by atoms with Gasteiger partial charge >= 0.3 is 0 Å². The van der Waals surface area contributed by atoms with Gasteiger partial charge in [0.25, 0.3) is 0 Å². The molecular formula is C53H40N2. The summed E-state index contributed by atoms with van der Waals surface area (Å²) in [7, 11) is 0. The van der Waals surface area contributed by atoms with E-state index in [0.29, 0.717) is 0 Å². The number of nitrogens with zero attached hydrogens (tertiary/aromatic N) is 2. The molecule has 0 bridgehead atoms. The van der Waals surface area contributed by atoms with Gasteiger partial charge in [-0.3, -0.25) is 4.57 Å². The Morgan fingerprint density at radius 1 is 0.382 bits per heavy atom. The molecule has 10 rings (SSSR count). The quantitative estimate of drug-likeness (QED) is 0.151. The number of hydrogen-bond donors (Lipinski definition) is 0.